The molecular formula is C12H16ClN3O2. The molecule has 6 heteroatoms. The van der Waals surface area contributed by atoms with E-state index in [-0.39, 0.29) is 18.0 Å². The number of amides is 2. The van der Waals surface area contributed by atoms with Crippen molar-refractivity contribution in [3.63, 3.8) is 0 Å². The van der Waals surface area contributed by atoms with E-state index in [1.54, 1.807) is 12.1 Å². The fourth-order valence-electron chi connectivity index (χ4n) is 1.30. The minimum absolute atomic E-state index is 0.0794. The maximum absolute atomic E-state index is 11.8. The van der Waals surface area contributed by atoms with Crippen molar-refractivity contribution in [1.29, 1.82) is 0 Å². The molecule has 1 rings (SSSR count). The van der Waals surface area contributed by atoms with Crippen LogP contribution in [-0.2, 0) is 4.79 Å². The quantitative estimate of drug-likeness (QED) is 0.702. The van der Waals surface area contributed by atoms with Gasteiger partial charge in [0, 0.05) is 12.2 Å². The molecule has 0 fully saturated rings. The zero-order valence-corrected chi connectivity index (χ0v) is 10.9. The van der Waals surface area contributed by atoms with E-state index in [2.05, 4.69) is 10.6 Å². The van der Waals surface area contributed by atoms with Crippen molar-refractivity contribution in [2.24, 2.45) is 0 Å². The van der Waals surface area contributed by atoms with Crippen molar-refractivity contribution in [1.82, 2.24) is 10.6 Å². The molecule has 0 saturated carbocycles. The molecule has 0 radical (unpaired) electrons. The molecule has 0 saturated heterocycles. The fraction of sp³-hybridized carbons (Fsp3) is 0.333. The van der Waals surface area contributed by atoms with E-state index in [9.17, 15) is 9.59 Å². The van der Waals surface area contributed by atoms with Gasteiger partial charge in [0.1, 0.15) is 0 Å². The van der Waals surface area contributed by atoms with Gasteiger partial charge < -0.3 is 16.4 Å². The summed E-state index contributed by atoms with van der Waals surface area (Å²) in [6.45, 7) is 2.46. The van der Waals surface area contributed by atoms with Crippen molar-refractivity contribution in [2.75, 3.05) is 18.8 Å². The maximum Gasteiger partial charge on any atom is 0.253 e. The summed E-state index contributed by atoms with van der Waals surface area (Å²) in [5, 5.41) is 5.44. The summed E-state index contributed by atoms with van der Waals surface area (Å²) in [6, 6.07) is 4.62. The number of hydrogen-bond donors (Lipinski definition) is 3. The van der Waals surface area contributed by atoms with Gasteiger partial charge in [0.15, 0.2) is 0 Å². The van der Waals surface area contributed by atoms with Crippen molar-refractivity contribution in [3.05, 3.63) is 28.8 Å². The summed E-state index contributed by atoms with van der Waals surface area (Å²) in [5.74, 6) is -0.649. The predicted molar refractivity (Wildman–Crippen MR) is 71.5 cm³/mol. The Hall–Kier alpha value is -1.75. The number of benzene rings is 1. The summed E-state index contributed by atoms with van der Waals surface area (Å²) < 4.78 is 0. The smallest absolute Gasteiger partial charge is 0.253 e. The topological polar surface area (TPSA) is 84.2 Å². The van der Waals surface area contributed by atoms with Crippen molar-refractivity contribution >= 4 is 29.1 Å². The molecule has 2 amide bonds. The van der Waals surface area contributed by atoms with Crippen LogP contribution in [0.15, 0.2) is 18.2 Å². The molecule has 0 heterocycles. The van der Waals surface area contributed by atoms with Crippen LogP contribution in [-0.4, -0.2) is 24.9 Å². The minimum Gasteiger partial charge on any atom is -0.399 e. The number of carbonyl (C=O) groups is 2. The highest BCUT2D eigenvalue weighted by molar-refractivity contribution is 6.34. The second-order valence-electron chi connectivity index (χ2n) is 3.77. The maximum atomic E-state index is 11.8. The van der Waals surface area contributed by atoms with Gasteiger partial charge in [0.2, 0.25) is 5.91 Å². The van der Waals surface area contributed by atoms with E-state index in [4.69, 9.17) is 17.3 Å². The van der Waals surface area contributed by atoms with Gasteiger partial charge in [-0.3, -0.25) is 9.59 Å². The second-order valence-corrected chi connectivity index (χ2v) is 4.18. The number of nitrogens with two attached hydrogens (primary N) is 1. The van der Waals surface area contributed by atoms with E-state index in [1.807, 2.05) is 6.92 Å². The van der Waals surface area contributed by atoms with Gasteiger partial charge in [-0.05, 0) is 24.6 Å². The predicted octanol–water partition coefficient (Wildman–Crippen LogP) is 1.18. The lowest BCUT2D eigenvalue weighted by Gasteiger charge is -2.07. The summed E-state index contributed by atoms with van der Waals surface area (Å²) >= 11 is 5.87. The van der Waals surface area contributed by atoms with Crippen molar-refractivity contribution in [3.8, 4) is 0 Å². The zero-order valence-electron chi connectivity index (χ0n) is 10.1. The highest BCUT2D eigenvalue weighted by atomic mass is 35.5. The number of nitrogen functional groups attached to an aromatic ring is 1. The normalized spacial score (nSPS) is 9.89. The van der Waals surface area contributed by atoms with E-state index in [1.165, 1.54) is 6.07 Å². The molecule has 98 valence electrons. The molecule has 0 aliphatic heterocycles. The lowest BCUT2D eigenvalue weighted by molar-refractivity contribution is -0.120. The molecule has 18 heavy (non-hydrogen) atoms. The first-order chi connectivity index (χ1) is 8.54. The Morgan fingerprint density at radius 3 is 2.72 bits per heavy atom. The Morgan fingerprint density at radius 1 is 1.33 bits per heavy atom. The number of halogens is 1. The van der Waals surface area contributed by atoms with Crippen LogP contribution < -0.4 is 16.4 Å². The Balaban J connectivity index is 2.55. The van der Waals surface area contributed by atoms with E-state index in [0.717, 1.165) is 6.42 Å². The Kier molecular flexibility index (Phi) is 5.45. The third-order valence-corrected chi connectivity index (χ3v) is 2.55. The number of carbonyl (C=O) groups excluding carboxylic acids is 2. The van der Waals surface area contributed by atoms with Gasteiger partial charge in [0.05, 0.1) is 17.1 Å². The fourth-order valence-corrected chi connectivity index (χ4v) is 1.50. The molecule has 0 unspecified atom stereocenters. The number of anilines is 1. The molecule has 4 N–H and O–H groups in total. The molecule has 0 aliphatic carbocycles. The van der Waals surface area contributed by atoms with Gasteiger partial charge in [0.25, 0.3) is 5.91 Å². The third kappa shape index (κ3) is 4.25. The summed E-state index contributed by atoms with van der Waals surface area (Å²) in [5.41, 5.74) is 6.28. The van der Waals surface area contributed by atoms with Gasteiger partial charge in [-0.1, -0.05) is 18.5 Å². The van der Waals surface area contributed by atoms with Crippen LogP contribution in [0.2, 0.25) is 5.02 Å². The highest BCUT2D eigenvalue weighted by Gasteiger charge is 2.11. The standard InChI is InChI=1S/C12H16ClN3O2/c1-2-5-15-11(17)7-16-12(18)9-6-8(14)3-4-10(9)13/h3-4,6H,2,5,7,14H2,1H3,(H,15,17)(H,16,18). The van der Waals surface area contributed by atoms with Crippen LogP contribution >= 0.6 is 11.6 Å². The molecule has 0 bridgehead atoms. The first-order valence-electron chi connectivity index (χ1n) is 5.64. The Bertz CT molecular complexity index is 449. The van der Waals surface area contributed by atoms with Crippen molar-refractivity contribution in [2.45, 2.75) is 13.3 Å². The monoisotopic (exact) mass is 269 g/mol. The number of rotatable bonds is 5. The molecule has 0 spiro atoms. The van der Waals surface area contributed by atoms with Gasteiger partial charge >= 0.3 is 0 Å². The molecule has 5 nitrogen and oxygen atoms in total. The minimum atomic E-state index is -0.418. The molecule has 0 aromatic heterocycles. The summed E-state index contributed by atoms with van der Waals surface area (Å²) in [7, 11) is 0. The first kappa shape index (κ1) is 14.3. The van der Waals surface area contributed by atoms with Gasteiger partial charge in [-0.15, -0.1) is 0 Å². The molecule has 0 atom stereocenters. The largest absolute Gasteiger partial charge is 0.399 e. The van der Waals surface area contributed by atoms with Crippen LogP contribution in [0, 0.1) is 0 Å². The SMILES string of the molecule is CCCNC(=O)CNC(=O)c1cc(N)ccc1Cl. The molecule has 1 aromatic carbocycles. The zero-order chi connectivity index (χ0) is 13.5. The van der Waals surface area contributed by atoms with Crippen LogP contribution in [0.4, 0.5) is 5.69 Å². The third-order valence-electron chi connectivity index (χ3n) is 2.22. The lowest BCUT2D eigenvalue weighted by atomic mass is 10.2. The molecule has 1 aromatic rings. The van der Waals surface area contributed by atoms with Crippen LogP contribution in [0.3, 0.4) is 0 Å². The first-order valence-corrected chi connectivity index (χ1v) is 6.02. The molecule has 0 aliphatic rings. The summed E-state index contributed by atoms with van der Waals surface area (Å²) in [6.07, 6.45) is 0.848. The number of hydrogen-bond acceptors (Lipinski definition) is 3. The van der Waals surface area contributed by atoms with E-state index >= 15 is 0 Å². The van der Waals surface area contributed by atoms with E-state index < -0.39 is 5.91 Å². The van der Waals surface area contributed by atoms with E-state index in [0.29, 0.717) is 17.3 Å². The summed E-state index contributed by atoms with van der Waals surface area (Å²) in [4.78, 5) is 23.1. The van der Waals surface area contributed by atoms with Crippen LogP contribution in [0.5, 0.6) is 0 Å². The Labute approximate surface area is 111 Å². The Morgan fingerprint density at radius 2 is 2.06 bits per heavy atom. The van der Waals surface area contributed by atoms with Crippen LogP contribution in [0.25, 0.3) is 0 Å². The lowest BCUT2D eigenvalue weighted by Crippen LogP contribution is -2.37. The highest BCUT2D eigenvalue weighted by Crippen LogP contribution is 2.18. The second kappa shape index (κ2) is 6.86. The number of nitrogens with one attached hydrogen (secondary N) is 2. The van der Waals surface area contributed by atoms with Gasteiger partial charge in [-0.25, -0.2) is 0 Å². The van der Waals surface area contributed by atoms with Crippen LogP contribution in [0.1, 0.15) is 23.7 Å². The molecular weight excluding hydrogens is 254 g/mol. The average Bonchev–Trinajstić information content (AvgIpc) is 2.36. The van der Waals surface area contributed by atoms with Gasteiger partial charge in [-0.2, -0.15) is 0 Å². The average molecular weight is 270 g/mol. The van der Waals surface area contributed by atoms with Crippen molar-refractivity contribution < 1.29 is 9.59 Å².